The first-order valence-electron chi connectivity index (χ1n) is 7.63. The summed E-state index contributed by atoms with van der Waals surface area (Å²) in [5.41, 5.74) is 0.807. The Balaban J connectivity index is 2.22. The van der Waals surface area contributed by atoms with Crippen molar-refractivity contribution in [3.05, 3.63) is 90.5 Å². The molecule has 0 aromatic heterocycles. The van der Waals surface area contributed by atoms with Gasteiger partial charge in [-0.3, -0.25) is 0 Å². The van der Waals surface area contributed by atoms with Gasteiger partial charge in [0.05, 0.1) is 12.1 Å². The molecule has 0 saturated carbocycles. The molecule has 3 aromatic rings. The predicted octanol–water partition coefficient (Wildman–Crippen LogP) is 3.58. The Hall–Kier alpha value is -2.93. The molecule has 0 aliphatic heterocycles. The van der Waals surface area contributed by atoms with Gasteiger partial charge in [-0.1, -0.05) is 84.9 Å². The van der Waals surface area contributed by atoms with Gasteiger partial charge >= 0.3 is 0 Å². The molecule has 0 bridgehead atoms. The first-order valence-corrected chi connectivity index (χ1v) is 8.97. The highest BCUT2D eigenvalue weighted by molar-refractivity contribution is 7.79. The summed E-state index contributed by atoms with van der Waals surface area (Å²) in [7, 11) is -0.813. The summed E-state index contributed by atoms with van der Waals surface area (Å²) < 4.78 is 0. The van der Waals surface area contributed by atoms with Gasteiger partial charge in [0.25, 0.3) is 0 Å². The molecule has 0 aliphatic carbocycles. The van der Waals surface area contributed by atoms with Crippen molar-refractivity contribution in [1.82, 2.24) is 0 Å². The van der Waals surface area contributed by atoms with Crippen LogP contribution in [-0.2, 0) is 0 Å². The van der Waals surface area contributed by atoms with E-state index in [1.54, 1.807) is 0 Å². The van der Waals surface area contributed by atoms with Crippen molar-refractivity contribution >= 4 is 23.8 Å². The van der Waals surface area contributed by atoms with Crippen LogP contribution in [0, 0.1) is 22.7 Å². The molecule has 2 nitrogen and oxygen atoms in total. The van der Waals surface area contributed by atoms with Gasteiger partial charge in [-0.25, -0.2) is 0 Å². The van der Waals surface area contributed by atoms with Crippen LogP contribution < -0.4 is 15.9 Å². The summed E-state index contributed by atoms with van der Waals surface area (Å²) in [6, 6.07) is 32.6. The Bertz CT molecular complexity index is 839. The largest absolute Gasteiger partial charge is 0.196 e. The maximum Gasteiger partial charge on any atom is 0.158 e. The number of nitriles is 2. The molecule has 0 aliphatic rings. The van der Waals surface area contributed by atoms with Crippen molar-refractivity contribution < 1.29 is 0 Å². The van der Waals surface area contributed by atoms with E-state index in [1.807, 2.05) is 60.7 Å². The smallest absolute Gasteiger partial charge is 0.158 e. The van der Waals surface area contributed by atoms with Crippen molar-refractivity contribution in [1.29, 1.82) is 10.5 Å². The van der Waals surface area contributed by atoms with E-state index in [4.69, 9.17) is 0 Å². The molecule has 114 valence electrons. The van der Waals surface area contributed by atoms with Crippen LogP contribution in [0.4, 0.5) is 0 Å². The predicted molar refractivity (Wildman–Crippen MR) is 99.1 cm³/mol. The molecule has 0 fully saturated rings. The van der Waals surface area contributed by atoms with E-state index in [0.29, 0.717) is 0 Å². The van der Waals surface area contributed by atoms with E-state index in [0.717, 1.165) is 10.9 Å². The number of nitrogens with zero attached hydrogens (tertiary/aromatic N) is 2. The minimum absolute atomic E-state index is 0.751. The average Bonchev–Trinajstić information content (AvgIpc) is 2.66. The van der Waals surface area contributed by atoms with Gasteiger partial charge in [-0.05, 0) is 29.4 Å². The number of hydrogen-bond donors (Lipinski definition) is 0. The zero-order valence-corrected chi connectivity index (χ0v) is 13.9. The van der Waals surface area contributed by atoms with Crippen LogP contribution in [0.1, 0.15) is 11.5 Å². The monoisotopic (exact) mass is 326 g/mol. The molecule has 3 heteroatoms. The zero-order valence-electron chi connectivity index (χ0n) is 13.0. The molecule has 0 amide bonds. The Labute approximate surface area is 143 Å². The normalized spacial score (nSPS) is 10.3. The number of hydrogen-bond acceptors (Lipinski definition) is 2. The summed E-state index contributed by atoms with van der Waals surface area (Å²) in [6.07, 6.45) is 0. The lowest BCUT2D eigenvalue weighted by Crippen LogP contribution is -2.24. The van der Waals surface area contributed by atoms with Gasteiger partial charge in [0.1, 0.15) is 0 Å². The third-order valence-electron chi connectivity index (χ3n) is 3.78. The van der Waals surface area contributed by atoms with E-state index < -0.39 is 13.8 Å². The average molecular weight is 326 g/mol. The molecule has 3 rings (SSSR count). The molecule has 3 aromatic carbocycles. The van der Waals surface area contributed by atoms with E-state index >= 15 is 0 Å². The maximum absolute atomic E-state index is 9.36. The summed E-state index contributed by atoms with van der Waals surface area (Å²) >= 11 is 0. The fourth-order valence-electron chi connectivity index (χ4n) is 2.68. The fourth-order valence-corrected chi connectivity index (χ4v) is 5.18. The van der Waals surface area contributed by atoms with Crippen molar-refractivity contribution in [2.75, 3.05) is 0 Å². The maximum atomic E-state index is 9.36. The summed E-state index contributed by atoms with van der Waals surface area (Å²) in [5, 5.41) is 22.2. The van der Waals surface area contributed by atoms with Crippen LogP contribution in [0.15, 0.2) is 84.9 Å². The van der Waals surface area contributed by atoms with Crippen molar-refractivity contribution in [2.24, 2.45) is 0 Å². The van der Waals surface area contributed by atoms with Gasteiger partial charge in [0.2, 0.25) is 0 Å². The summed E-state index contributed by atoms with van der Waals surface area (Å²) in [6.45, 7) is 0. The van der Waals surface area contributed by atoms with Crippen LogP contribution in [0.3, 0.4) is 0 Å². The molecular formula is C21H15N2P. The van der Waals surface area contributed by atoms with Crippen LogP contribution in [0.25, 0.3) is 0 Å². The Morgan fingerprint density at radius 1 is 0.625 bits per heavy atom. The summed E-state index contributed by atoms with van der Waals surface area (Å²) in [4.78, 5) is 0. The van der Waals surface area contributed by atoms with E-state index in [9.17, 15) is 10.5 Å². The highest BCUT2D eigenvalue weighted by Gasteiger charge is 2.22. The van der Waals surface area contributed by atoms with Crippen LogP contribution in [0.5, 0.6) is 0 Å². The molecule has 0 heterocycles. The Morgan fingerprint density at radius 3 is 1.58 bits per heavy atom. The molecule has 0 saturated heterocycles. The van der Waals surface area contributed by atoms with Crippen LogP contribution >= 0.6 is 7.92 Å². The van der Waals surface area contributed by atoms with E-state index in [2.05, 4.69) is 36.4 Å². The summed E-state index contributed by atoms with van der Waals surface area (Å²) in [5.74, 6) is -0.751. The fraction of sp³-hybridized carbons (Fsp3) is 0.0476. The van der Waals surface area contributed by atoms with Gasteiger partial charge in [-0.15, -0.1) is 0 Å². The zero-order chi connectivity index (χ0) is 16.8. The molecule has 24 heavy (non-hydrogen) atoms. The minimum Gasteiger partial charge on any atom is -0.196 e. The first kappa shape index (κ1) is 15.9. The highest BCUT2D eigenvalue weighted by atomic mass is 31.1. The Kier molecular flexibility index (Phi) is 5.02. The third-order valence-corrected chi connectivity index (χ3v) is 6.29. The van der Waals surface area contributed by atoms with Gasteiger partial charge in [0, 0.05) is 0 Å². The Morgan fingerprint density at radius 2 is 1.08 bits per heavy atom. The van der Waals surface area contributed by atoms with Gasteiger partial charge < -0.3 is 0 Å². The lowest BCUT2D eigenvalue weighted by Gasteiger charge is -2.22. The van der Waals surface area contributed by atoms with E-state index in [-0.39, 0.29) is 0 Å². The van der Waals surface area contributed by atoms with Gasteiger partial charge in [-0.2, -0.15) is 10.5 Å². The number of benzene rings is 3. The molecular weight excluding hydrogens is 311 g/mol. The lowest BCUT2D eigenvalue weighted by atomic mass is 10.0. The highest BCUT2D eigenvalue weighted by Crippen LogP contribution is 2.35. The quantitative estimate of drug-likeness (QED) is 0.688. The number of rotatable bonds is 4. The second kappa shape index (κ2) is 7.56. The molecule has 0 atom stereocenters. The molecule has 0 radical (unpaired) electrons. The molecule has 0 unspecified atom stereocenters. The standard InChI is InChI=1S/C21H15N2P/c22-15-17(16-23)20-13-7-8-14-21(20)24(18-9-3-1-4-10-18)19-11-5-2-6-12-19/h1-14,17H. The van der Waals surface area contributed by atoms with E-state index in [1.165, 1.54) is 10.6 Å². The van der Waals surface area contributed by atoms with Crippen molar-refractivity contribution in [3.8, 4) is 12.1 Å². The molecule has 0 N–H and O–H groups in total. The topological polar surface area (TPSA) is 47.6 Å². The first-order chi connectivity index (χ1) is 11.8. The third kappa shape index (κ3) is 3.21. The minimum atomic E-state index is -0.813. The van der Waals surface area contributed by atoms with Crippen molar-refractivity contribution in [3.63, 3.8) is 0 Å². The van der Waals surface area contributed by atoms with Crippen LogP contribution in [-0.4, -0.2) is 0 Å². The lowest BCUT2D eigenvalue weighted by molar-refractivity contribution is 1.11. The second-order valence-corrected chi connectivity index (χ2v) is 7.44. The van der Waals surface area contributed by atoms with Crippen LogP contribution in [0.2, 0.25) is 0 Å². The van der Waals surface area contributed by atoms with Gasteiger partial charge in [0.15, 0.2) is 5.92 Å². The SMILES string of the molecule is N#CC(C#N)c1ccccc1P(c1ccccc1)c1ccccc1. The molecule has 0 spiro atoms. The second-order valence-electron chi connectivity index (χ2n) is 5.26. The van der Waals surface area contributed by atoms with Crippen molar-refractivity contribution in [2.45, 2.75) is 5.92 Å².